The Balaban J connectivity index is -0.000000431. The number of pyridine rings is 1. The lowest BCUT2D eigenvalue weighted by Gasteiger charge is -2.22. The zero-order chi connectivity index (χ0) is 61.3. The second kappa shape index (κ2) is 86.7. The second-order valence-electron chi connectivity index (χ2n) is 27.7. The SMILES string of the molecule is CCCCCCCCCCCCN(CCCCCCCCCCCC)CCCCCCCCCCCC.CCCCCCCCCCCCN(CCCCCCCCCCCC)CCCCCCCCCCCC.N.N.N.N.c1cc(N2CCCC2)ccn1. The molecule has 1 fully saturated rings. The number of anilines is 1. The van der Waals surface area contributed by atoms with Gasteiger partial charge in [-0.15, -0.1) is 0 Å². The van der Waals surface area contributed by atoms with E-state index < -0.39 is 0 Å². The highest BCUT2D eigenvalue weighted by Crippen LogP contribution is 2.20. The molecule has 8 nitrogen and oxygen atoms in total. The van der Waals surface area contributed by atoms with E-state index in [0.29, 0.717) is 0 Å². The fraction of sp³-hybridized carbons (Fsp3) is 0.938. The molecule has 0 radical (unpaired) electrons. The third-order valence-electron chi connectivity index (χ3n) is 19.1. The summed E-state index contributed by atoms with van der Waals surface area (Å²) in [6.45, 7) is 24.5. The molecule has 0 bridgehead atoms. The molecule has 0 aliphatic carbocycles. The van der Waals surface area contributed by atoms with E-state index in [1.807, 2.05) is 12.4 Å². The van der Waals surface area contributed by atoms with Crippen LogP contribution in [0.4, 0.5) is 5.69 Å². The maximum absolute atomic E-state index is 3.99. The van der Waals surface area contributed by atoms with E-state index >= 15 is 0 Å². The Bertz CT molecular complexity index is 1110. The average molecular weight is 1260 g/mol. The van der Waals surface area contributed by atoms with Gasteiger partial charge in [0.2, 0.25) is 0 Å². The summed E-state index contributed by atoms with van der Waals surface area (Å²) in [5, 5.41) is 0. The van der Waals surface area contributed by atoms with Gasteiger partial charge in [0.25, 0.3) is 0 Å². The normalized spacial score (nSPS) is 11.8. The van der Waals surface area contributed by atoms with E-state index in [-0.39, 0.29) is 24.6 Å². The van der Waals surface area contributed by atoms with Gasteiger partial charge in [-0.05, 0) is 103 Å². The van der Waals surface area contributed by atoms with Crippen LogP contribution >= 0.6 is 0 Å². The van der Waals surface area contributed by atoms with Crippen molar-refractivity contribution in [1.29, 1.82) is 0 Å². The van der Waals surface area contributed by atoms with Gasteiger partial charge in [-0.25, -0.2) is 0 Å². The van der Waals surface area contributed by atoms with E-state index in [4.69, 9.17) is 0 Å². The average Bonchev–Trinajstić information content (AvgIpc) is 4.18. The number of nitrogens with zero attached hydrogens (tertiary/aromatic N) is 4. The van der Waals surface area contributed by atoms with Crippen molar-refractivity contribution in [2.75, 3.05) is 57.3 Å². The molecule has 0 aromatic carbocycles. The molecule has 1 aromatic rings. The first kappa shape index (κ1) is 96.4. The van der Waals surface area contributed by atoms with E-state index in [0.717, 1.165) is 0 Å². The molecule has 2 rings (SSSR count). The van der Waals surface area contributed by atoms with Gasteiger partial charge in [0.1, 0.15) is 0 Å². The number of hydrogen-bond donors (Lipinski definition) is 4. The predicted molar refractivity (Wildman–Crippen MR) is 410 cm³/mol. The van der Waals surface area contributed by atoms with Gasteiger partial charge in [0.05, 0.1) is 0 Å². The summed E-state index contributed by atoms with van der Waals surface area (Å²) in [5.74, 6) is 0. The Labute approximate surface area is 563 Å². The van der Waals surface area contributed by atoms with Crippen LogP contribution in [0.1, 0.15) is 440 Å². The van der Waals surface area contributed by atoms with Crippen LogP contribution in [0.5, 0.6) is 0 Å². The van der Waals surface area contributed by atoms with E-state index in [9.17, 15) is 0 Å². The van der Waals surface area contributed by atoms with Crippen molar-refractivity contribution in [2.45, 2.75) is 440 Å². The predicted octanol–water partition coefficient (Wildman–Crippen LogP) is 28.4. The molecule has 1 aromatic heterocycles. The molecule has 1 saturated heterocycles. The first-order valence-electron chi connectivity index (χ1n) is 40.3. The van der Waals surface area contributed by atoms with Crippen molar-refractivity contribution >= 4 is 5.69 Å². The van der Waals surface area contributed by atoms with E-state index in [2.05, 4.69) is 73.4 Å². The lowest BCUT2D eigenvalue weighted by Crippen LogP contribution is -2.27. The van der Waals surface area contributed by atoms with Crippen LogP contribution in [0.3, 0.4) is 0 Å². The highest BCUT2D eigenvalue weighted by molar-refractivity contribution is 5.45. The summed E-state index contributed by atoms with van der Waals surface area (Å²) < 4.78 is 0. The number of aromatic nitrogens is 1. The zero-order valence-electron chi connectivity index (χ0n) is 62.9. The highest BCUT2D eigenvalue weighted by Gasteiger charge is 2.11. The smallest absolute Gasteiger partial charge is 0.0397 e. The van der Waals surface area contributed by atoms with Gasteiger partial charge in [0.15, 0.2) is 0 Å². The fourth-order valence-electron chi connectivity index (χ4n) is 13.1. The maximum atomic E-state index is 3.99. The van der Waals surface area contributed by atoms with Crippen LogP contribution in [0.2, 0.25) is 0 Å². The van der Waals surface area contributed by atoms with Gasteiger partial charge in [0, 0.05) is 31.2 Å². The first-order valence-corrected chi connectivity index (χ1v) is 40.3. The third kappa shape index (κ3) is 77.3. The van der Waals surface area contributed by atoms with Gasteiger partial charge < -0.3 is 39.3 Å². The lowest BCUT2D eigenvalue weighted by molar-refractivity contribution is 0.254. The third-order valence-corrected chi connectivity index (χ3v) is 19.1. The van der Waals surface area contributed by atoms with E-state index in [1.165, 1.54) is 456 Å². The fourth-order valence-corrected chi connectivity index (χ4v) is 13.1. The molecule has 1 aliphatic rings. The lowest BCUT2D eigenvalue weighted by atomic mass is 10.1. The van der Waals surface area contributed by atoms with Gasteiger partial charge >= 0.3 is 0 Å². The maximum Gasteiger partial charge on any atom is 0.0397 e. The summed E-state index contributed by atoms with van der Waals surface area (Å²) in [6.07, 6.45) is 93.6. The number of rotatable bonds is 67. The molecule has 2 heterocycles. The molecule has 0 unspecified atom stereocenters. The molecular formula is C81H174N8. The summed E-state index contributed by atoms with van der Waals surface area (Å²) in [7, 11) is 0. The molecule has 538 valence electrons. The summed E-state index contributed by atoms with van der Waals surface area (Å²) in [6, 6.07) is 4.15. The van der Waals surface area contributed by atoms with Crippen molar-refractivity contribution in [3.8, 4) is 0 Å². The van der Waals surface area contributed by atoms with Gasteiger partial charge in [-0.1, -0.05) is 388 Å². The van der Waals surface area contributed by atoms with Crippen molar-refractivity contribution in [2.24, 2.45) is 0 Å². The Morgan fingerprint density at radius 3 is 0.539 bits per heavy atom. The van der Waals surface area contributed by atoms with Crippen LogP contribution in [0.25, 0.3) is 0 Å². The number of hydrogen-bond acceptors (Lipinski definition) is 8. The highest BCUT2D eigenvalue weighted by atomic mass is 15.1. The van der Waals surface area contributed by atoms with Crippen molar-refractivity contribution < 1.29 is 0 Å². The minimum absolute atomic E-state index is 0. The standard InChI is InChI=1S/2C36H75N.C9H12N2.4H3N/c2*1-4-7-10-13-16-19-22-25-28-31-34-37(35-32-29-26-23-20-17-14-11-8-5-2)36-33-30-27-24-21-18-15-12-9-6-3;1-2-8-11(7-1)9-3-5-10-6-4-9;;;;/h2*4-36H2,1-3H3;3-6H,1-2,7-8H2;4*1H3. The molecule has 1 aliphatic heterocycles. The van der Waals surface area contributed by atoms with Crippen LogP contribution in [0.15, 0.2) is 24.5 Å². The molecule has 0 atom stereocenters. The monoisotopic (exact) mass is 1260 g/mol. The summed E-state index contributed by atoms with van der Waals surface area (Å²) in [5.41, 5.74) is 1.32. The van der Waals surface area contributed by atoms with Crippen molar-refractivity contribution in [1.82, 2.24) is 39.4 Å². The van der Waals surface area contributed by atoms with Gasteiger partial charge in [-0.2, -0.15) is 0 Å². The Morgan fingerprint density at radius 1 is 0.236 bits per heavy atom. The largest absolute Gasteiger partial charge is 0.371 e. The Hall–Kier alpha value is -1.29. The summed E-state index contributed by atoms with van der Waals surface area (Å²) in [4.78, 5) is 12.1. The zero-order valence-corrected chi connectivity index (χ0v) is 62.9. The Kier molecular flexibility index (Phi) is 93.9. The van der Waals surface area contributed by atoms with Crippen LogP contribution in [-0.2, 0) is 0 Å². The topological polar surface area (TPSA) is 163 Å². The van der Waals surface area contributed by atoms with Crippen LogP contribution < -0.4 is 29.5 Å². The quantitative estimate of drug-likeness (QED) is 0.0469. The molecule has 12 N–H and O–H groups in total. The van der Waals surface area contributed by atoms with E-state index in [1.54, 1.807) is 0 Å². The summed E-state index contributed by atoms with van der Waals surface area (Å²) >= 11 is 0. The minimum atomic E-state index is 0. The molecule has 0 spiro atoms. The Morgan fingerprint density at radius 2 is 0.382 bits per heavy atom. The molecule has 0 amide bonds. The molecule has 89 heavy (non-hydrogen) atoms. The molecule has 8 heteroatoms. The second-order valence-corrected chi connectivity index (χ2v) is 27.7. The first-order chi connectivity index (χ1) is 42.2. The minimum Gasteiger partial charge on any atom is -0.371 e. The van der Waals surface area contributed by atoms with Crippen LogP contribution in [-0.4, -0.2) is 67.1 Å². The van der Waals surface area contributed by atoms with Gasteiger partial charge in [-0.3, -0.25) is 4.98 Å². The number of unbranched alkanes of at least 4 members (excludes halogenated alkanes) is 54. The van der Waals surface area contributed by atoms with Crippen molar-refractivity contribution in [3.05, 3.63) is 24.5 Å². The molecular weight excluding hydrogens is 1080 g/mol. The molecule has 0 saturated carbocycles. The van der Waals surface area contributed by atoms with Crippen molar-refractivity contribution in [3.63, 3.8) is 0 Å². The van der Waals surface area contributed by atoms with Crippen LogP contribution in [0, 0.1) is 0 Å².